The number of nitrogens with zero attached hydrogens (tertiary/aromatic N) is 3. The van der Waals surface area contributed by atoms with Gasteiger partial charge in [0.2, 0.25) is 0 Å². The van der Waals surface area contributed by atoms with Crippen molar-refractivity contribution >= 4 is 17.3 Å². The van der Waals surface area contributed by atoms with Crippen LogP contribution in [0, 0.1) is 21.7 Å². The molecule has 1 amide bonds. The van der Waals surface area contributed by atoms with Crippen molar-refractivity contribution in [1.29, 1.82) is 0 Å². The van der Waals surface area contributed by atoms with Crippen LogP contribution >= 0.6 is 0 Å². The third-order valence-electron chi connectivity index (χ3n) is 4.33. The van der Waals surface area contributed by atoms with Gasteiger partial charge >= 0.3 is 0 Å². The van der Waals surface area contributed by atoms with Crippen molar-refractivity contribution < 1.29 is 18.5 Å². The van der Waals surface area contributed by atoms with Gasteiger partial charge in [0, 0.05) is 43.9 Å². The normalized spacial score (nSPS) is 14.8. The first-order chi connectivity index (χ1) is 12.5. The number of benzene rings is 2. The number of amides is 1. The number of nitro benzene ring substituents is 1. The van der Waals surface area contributed by atoms with Gasteiger partial charge in [0.05, 0.1) is 4.92 Å². The standard InChI is InChI=1S/C18H17F2N3O3/c19-14-4-1-3-13(11-14)18(24)22-8-2-7-21(9-10-22)17-12-15(20)5-6-16(17)23(25)26/h1,3-6,11-12H,2,7-10H2. The molecular weight excluding hydrogens is 344 g/mol. The van der Waals surface area contributed by atoms with E-state index in [0.29, 0.717) is 32.6 Å². The van der Waals surface area contributed by atoms with Gasteiger partial charge < -0.3 is 9.80 Å². The lowest BCUT2D eigenvalue weighted by Gasteiger charge is -2.23. The van der Waals surface area contributed by atoms with Gasteiger partial charge in [0.25, 0.3) is 11.6 Å². The summed E-state index contributed by atoms with van der Waals surface area (Å²) in [5.41, 5.74) is 0.293. The summed E-state index contributed by atoms with van der Waals surface area (Å²) in [5, 5.41) is 11.2. The number of hydrogen-bond donors (Lipinski definition) is 0. The van der Waals surface area contributed by atoms with E-state index >= 15 is 0 Å². The van der Waals surface area contributed by atoms with E-state index in [0.717, 1.165) is 18.2 Å². The molecule has 136 valence electrons. The van der Waals surface area contributed by atoms with E-state index in [9.17, 15) is 23.7 Å². The first-order valence-electron chi connectivity index (χ1n) is 8.19. The largest absolute Gasteiger partial charge is 0.364 e. The number of carbonyl (C=O) groups excluding carboxylic acids is 1. The average Bonchev–Trinajstić information content (AvgIpc) is 2.87. The topological polar surface area (TPSA) is 66.7 Å². The summed E-state index contributed by atoms with van der Waals surface area (Å²) in [6.45, 7) is 1.53. The van der Waals surface area contributed by atoms with Crippen LogP contribution in [0.3, 0.4) is 0 Å². The predicted octanol–water partition coefficient (Wildman–Crippen LogP) is 3.23. The fourth-order valence-electron chi connectivity index (χ4n) is 3.07. The molecule has 3 rings (SSSR count). The van der Waals surface area contributed by atoms with Gasteiger partial charge in [-0.15, -0.1) is 0 Å². The summed E-state index contributed by atoms with van der Waals surface area (Å²) in [6, 6.07) is 8.81. The second-order valence-electron chi connectivity index (χ2n) is 6.03. The zero-order valence-corrected chi connectivity index (χ0v) is 13.9. The van der Waals surface area contributed by atoms with Crippen LogP contribution in [0.4, 0.5) is 20.2 Å². The molecule has 0 aromatic heterocycles. The number of carbonyl (C=O) groups is 1. The Hall–Kier alpha value is -3.03. The molecule has 26 heavy (non-hydrogen) atoms. The summed E-state index contributed by atoms with van der Waals surface area (Å²) in [5.74, 6) is -1.33. The summed E-state index contributed by atoms with van der Waals surface area (Å²) in [6.07, 6.45) is 0.564. The number of rotatable bonds is 3. The Morgan fingerprint density at radius 1 is 1.00 bits per heavy atom. The Morgan fingerprint density at radius 2 is 1.77 bits per heavy atom. The Morgan fingerprint density at radius 3 is 2.50 bits per heavy atom. The summed E-state index contributed by atoms with van der Waals surface area (Å²) < 4.78 is 26.9. The smallest absolute Gasteiger partial charge is 0.292 e. The number of halogens is 2. The van der Waals surface area contributed by atoms with Crippen molar-refractivity contribution in [3.8, 4) is 0 Å². The third-order valence-corrected chi connectivity index (χ3v) is 4.33. The molecule has 6 nitrogen and oxygen atoms in total. The Labute approximate surface area is 148 Å². The van der Waals surface area contributed by atoms with Gasteiger partial charge in [-0.25, -0.2) is 8.78 Å². The first kappa shape index (κ1) is 17.8. The zero-order chi connectivity index (χ0) is 18.7. The van der Waals surface area contributed by atoms with Gasteiger partial charge in [-0.3, -0.25) is 14.9 Å². The number of hydrogen-bond acceptors (Lipinski definition) is 4. The average molecular weight is 361 g/mol. The SMILES string of the molecule is O=C(c1cccc(F)c1)N1CCCN(c2cc(F)ccc2[N+](=O)[O-])CC1. The quantitative estimate of drug-likeness (QED) is 0.622. The van der Waals surface area contributed by atoms with E-state index in [4.69, 9.17) is 0 Å². The predicted molar refractivity (Wildman–Crippen MR) is 92.2 cm³/mol. The third kappa shape index (κ3) is 3.79. The summed E-state index contributed by atoms with van der Waals surface area (Å²) in [4.78, 5) is 26.5. The van der Waals surface area contributed by atoms with Crippen molar-refractivity contribution in [3.05, 3.63) is 69.8 Å². The summed E-state index contributed by atoms with van der Waals surface area (Å²) in [7, 11) is 0. The highest BCUT2D eigenvalue weighted by molar-refractivity contribution is 5.94. The van der Waals surface area contributed by atoms with Crippen LogP contribution in [-0.2, 0) is 0 Å². The molecule has 1 fully saturated rings. The number of anilines is 1. The minimum Gasteiger partial charge on any atom is -0.364 e. The Bertz CT molecular complexity index is 844. The highest BCUT2D eigenvalue weighted by Gasteiger charge is 2.25. The van der Waals surface area contributed by atoms with Crippen LogP contribution in [0.25, 0.3) is 0 Å². The minimum absolute atomic E-state index is 0.170. The molecule has 2 aromatic carbocycles. The van der Waals surface area contributed by atoms with Gasteiger partial charge in [0.1, 0.15) is 17.3 Å². The van der Waals surface area contributed by atoms with Crippen LogP contribution in [0.15, 0.2) is 42.5 Å². The van der Waals surface area contributed by atoms with Crippen molar-refractivity contribution in [1.82, 2.24) is 4.90 Å². The molecule has 0 saturated carbocycles. The van der Waals surface area contributed by atoms with Crippen LogP contribution in [0.1, 0.15) is 16.8 Å². The van der Waals surface area contributed by atoms with E-state index in [2.05, 4.69) is 0 Å². The molecule has 0 unspecified atom stereocenters. The van der Waals surface area contributed by atoms with Gasteiger partial charge in [-0.2, -0.15) is 0 Å². The molecule has 1 heterocycles. The molecule has 0 aliphatic carbocycles. The zero-order valence-electron chi connectivity index (χ0n) is 13.9. The molecule has 0 bridgehead atoms. The molecule has 1 aliphatic heterocycles. The highest BCUT2D eigenvalue weighted by atomic mass is 19.1. The van der Waals surface area contributed by atoms with E-state index < -0.39 is 16.6 Å². The van der Waals surface area contributed by atoms with Gasteiger partial charge in [-0.1, -0.05) is 6.07 Å². The van der Waals surface area contributed by atoms with Crippen LogP contribution < -0.4 is 4.90 Å². The lowest BCUT2D eigenvalue weighted by molar-refractivity contribution is -0.384. The lowest BCUT2D eigenvalue weighted by Crippen LogP contribution is -2.35. The fourth-order valence-corrected chi connectivity index (χ4v) is 3.07. The first-order valence-corrected chi connectivity index (χ1v) is 8.19. The molecule has 0 spiro atoms. The molecule has 0 N–H and O–H groups in total. The van der Waals surface area contributed by atoms with Crippen molar-refractivity contribution in [2.45, 2.75) is 6.42 Å². The Balaban J connectivity index is 1.78. The molecule has 2 aromatic rings. The maximum absolute atomic E-state index is 13.6. The molecule has 8 heteroatoms. The van der Waals surface area contributed by atoms with E-state index in [1.165, 1.54) is 18.2 Å². The second kappa shape index (κ2) is 7.47. The van der Waals surface area contributed by atoms with Crippen molar-refractivity contribution in [3.63, 3.8) is 0 Å². The second-order valence-corrected chi connectivity index (χ2v) is 6.03. The van der Waals surface area contributed by atoms with Crippen LogP contribution in [0.2, 0.25) is 0 Å². The fraction of sp³-hybridized carbons (Fsp3) is 0.278. The number of nitro groups is 1. The molecule has 0 atom stereocenters. The summed E-state index contributed by atoms with van der Waals surface area (Å²) >= 11 is 0. The molecule has 1 aliphatic rings. The van der Waals surface area contributed by atoms with E-state index in [-0.39, 0.29) is 22.8 Å². The van der Waals surface area contributed by atoms with Crippen molar-refractivity contribution in [2.24, 2.45) is 0 Å². The maximum atomic E-state index is 13.6. The monoisotopic (exact) mass is 361 g/mol. The van der Waals surface area contributed by atoms with Crippen LogP contribution in [0.5, 0.6) is 0 Å². The Kier molecular flexibility index (Phi) is 5.11. The van der Waals surface area contributed by atoms with Gasteiger partial charge in [-0.05, 0) is 30.7 Å². The van der Waals surface area contributed by atoms with Crippen LogP contribution in [-0.4, -0.2) is 41.9 Å². The minimum atomic E-state index is -0.553. The lowest BCUT2D eigenvalue weighted by atomic mass is 10.2. The molecule has 1 saturated heterocycles. The molecular formula is C18H17F2N3O3. The van der Waals surface area contributed by atoms with E-state index in [1.807, 2.05) is 0 Å². The maximum Gasteiger partial charge on any atom is 0.292 e. The molecule has 0 radical (unpaired) electrons. The van der Waals surface area contributed by atoms with Crippen molar-refractivity contribution in [2.75, 3.05) is 31.1 Å². The van der Waals surface area contributed by atoms with Gasteiger partial charge in [0.15, 0.2) is 0 Å². The highest BCUT2D eigenvalue weighted by Crippen LogP contribution is 2.29. The van der Waals surface area contributed by atoms with E-state index in [1.54, 1.807) is 15.9 Å².